The van der Waals surface area contributed by atoms with Crippen LogP contribution in [0, 0.1) is 23.6 Å². The quantitative estimate of drug-likeness (QED) is 0.712. The van der Waals surface area contributed by atoms with Crippen LogP contribution in [-0.2, 0) is 5.41 Å². The fourth-order valence-electron chi connectivity index (χ4n) is 6.24. The van der Waals surface area contributed by atoms with Crippen molar-refractivity contribution in [3.05, 3.63) is 41.7 Å². The van der Waals surface area contributed by atoms with E-state index in [9.17, 15) is 4.39 Å². The number of piperidine rings is 1. The van der Waals surface area contributed by atoms with Gasteiger partial charge in [0, 0.05) is 32.2 Å². The Hall–Kier alpha value is -1.35. The lowest BCUT2D eigenvalue weighted by molar-refractivity contribution is 0.138. The summed E-state index contributed by atoms with van der Waals surface area (Å²) in [5.41, 5.74) is 2.76. The van der Waals surface area contributed by atoms with E-state index in [0.717, 1.165) is 37.3 Å². The number of nitrogens with zero attached hydrogens (tertiary/aromatic N) is 2. The average Bonchev–Trinajstić information content (AvgIpc) is 3.32. The van der Waals surface area contributed by atoms with Crippen molar-refractivity contribution >= 4 is 5.69 Å². The summed E-state index contributed by atoms with van der Waals surface area (Å²) < 4.78 is 14.0. The molecule has 0 amide bonds. The molecule has 4 aliphatic rings. The molecule has 2 bridgehead atoms. The molecule has 3 heteroatoms. The summed E-state index contributed by atoms with van der Waals surface area (Å²) in [6.45, 7) is 8.03. The lowest BCUT2D eigenvalue weighted by Gasteiger charge is -2.41. The van der Waals surface area contributed by atoms with Crippen LogP contribution in [0.4, 0.5) is 10.1 Å². The van der Waals surface area contributed by atoms with Gasteiger partial charge in [-0.25, -0.2) is 4.39 Å². The van der Waals surface area contributed by atoms with Crippen molar-refractivity contribution in [3.8, 4) is 0 Å². The fraction of sp³-hybridized carbons (Fsp3) is 0.652. The Morgan fingerprint density at radius 1 is 1.19 bits per heavy atom. The van der Waals surface area contributed by atoms with Gasteiger partial charge in [0.25, 0.3) is 0 Å². The van der Waals surface area contributed by atoms with Crippen molar-refractivity contribution in [2.24, 2.45) is 17.8 Å². The van der Waals surface area contributed by atoms with Gasteiger partial charge in [0.2, 0.25) is 0 Å². The average molecular weight is 357 g/mol. The van der Waals surface area contributed by atoms with Crippen LogP contribution in [0.25, 0.3) is 0 Å². The number of fused-ring (bicyclic) bond motifs is 4. The first kappa shape index (κ1) is 16.8. The topological polar surface area (TPSA) is 6.48 Å². The first-order chi connectivity index (χ1) is 12.7. The van der Waals surface area contributed by atoms with Gasteiger partial charge in [0.1, 0.15) is 5.82 Å². The van der Waals surface area contributed by atoms with Gasteiger partial charge < -0.3 is 9.80 Å². The van der Waals surface area contributed by atoms with Gasteiger partial charge in [-0.15, -0.1) is 0 Å². The van der Waals surface area contributed by atoms with E-state index in [4.69, 9.17) is 0 Å². The molecule has 2 fully saturated rings. The summed E-state index contributed by atoms with van der Waals surface area (Å²) in [5.74, 6) is 2.52. The first-order valence-corrected chi connectivity index (χ1v) is 10.6. The largest absolute Gasteiger partial charge is 0.370 e. The molecule has 26 heavy (non-hydrogen) atoms. The highest BCUT2D eigenvalue weighted by atomic mass is 19.1. The van der Waals surface area contributed by atoms with Gasteiger partial charge in [0.05, 0.1) is 0 Å². The molecule has 1 spiro atoms. The lowest BCUT2D eigenvalue weighted by Crippen LogP contribution is -2.46. The highest BCUT2D eigenvalue weighted by Crippen LogP contribution is 2.48. The SMILES string of the molecule is CCCN1CC2(CCN(C[C@@H]3C[C@H]4C=C[C@H]3C4)CC2)c2cc(F)ccc21.[HH]. The predicted molar refractivity (Wildman–Crippen MR) is 107 cm³/mol. The number of benzene rings is 1. The highest BCUT2D eigenvalue weighted by molar-refractivity contribution is 5.63. The number of hydrogen-bond acceptors (Lipinski definition) is 2. The molecule has 0 unspecified atom stereocenters. The van der Waals surface area contributed by atoms with Gasteiger partial charge in [-0.05, 0) is 86.7 Å². The molecule has 1 aromatic rings. The minimum atomic E-state index is -0.0716. The van der Waals surface area contributed by atoms with Gasteiger partial charge in [0.15, 0.2) is 0 Å². The summed E-state index contributed by atoms with van der Waals surface area (Å²) in [4.78, 5) is 5.21. The molecule has 0 N–H and O–H groups in total. The second kappa shape index (κ2) is 6.37. The van der Waals surface area contributed by atoms with Crippen LogP contribution in [0.1, 0.15) is 46.0 Å². The minimum Gasteiger partial charge on any atom is -0.370 e. The van der Waals surface area contributed by atoms with E-state index in [1.807, 2.05) is 12.1 Å². The lowest BCUT2D eigenvalue weighted by atomic mass is 9.74. The Bertz CT molecular complexity index is 710. The Morgan fingerprint density at radius 2 is 2.04 bits per heavy atom. The minimum absolute atomic E-state index is 0. The van der Waals surface area contributed by atoms with Crippen LogP contribution in [0.3, 0.4) is 0 Å². The molecule has 2 aliphatic heterocycles. The maximum Gasteiger partial charge on any atom is 0.123 e. The van der Waals surface area contributed by atoms with Crippen LogP contribution in [0.15, 0.2) is 30.4 Å². The predicted octanol–water partition coefficient (Wildman–Crippen LogP) is 4.85. The van der Waals surface area contributed by atoms with E-state index in [2.05, 4.69) is 28.9 Å². The Labute approximate surface area is 158 Å². The number of allylic oxidation sites excluding steroid dienone is 2. The Morgan fingerprint density at radius 3 is 2.73 bits per heavy atom. The third kappa shape index (κ3) is 2.70. The van der Waals surface area contributed by atoms with Crippen LogP contribution in [0.5, 0.6) is 0 Å². The molecule has 0 aromatic heterocycles. The first-order valence-electron chi connectivity index (χ1n) is 10.6. The summed E-state index contributed by atoms with van der Waals surface area (Å²) in [6.07, 6.45) is 11.2. The zero-order chi connectivity index (χ0) is 17.7. The maximum absolute atomic E-state index is 14.0. The molecule has 2 aliphatic carbocycles. The monoisotopic (exact) mass is 356 g/mol. The number of halogens is 1. The number of anilines is 1. The Kier molecular flexibility index (Phi) is 4.11. The molecule has 0 radical (unpaired) electrons. The number of rotatable bonds is 4. The van der Waals surface area contributed by atoms with E-state index in [0.29, 0.717) is 0 Å². The van der Waals surface area contributed by atoms with Crippen molar-refractivity contribution in [1.29, 1.82) is 0 Å². The zero-order valence-electron chi connectivity index (χ0n) is 16.0. The summed E-state index contributed by atoms with van der Waals surface area (Å²) in [5, 5.41) is 0. The van der Waals surface area contributed by atoms with Crippen molar-refractivity contribution < 1.29 is 5.82 Å². The molecular weight excluding hydrogens is 323 g/mol. The molecule has 5 rings (SSSR count). The molecule has 142 valence electrons. The van der Waals surface area contributed by atoms with Crippen LogP contribution >= 0.6 is 0 Å². The number of likely N-dealkylation sites (tertiary alicyclic amines) is 1. The summed E-state index contributed by atoms with van der Waals surface area (Å²) in [6, 6.07) is 5.49. The van der Waals surface area contributed by atoms with E-state index in [-0.39, 0.29) is 12.7 Å². The van der Waals surface area contributed by atoms with Crippen molar-refractivity contribution in [2.75, 3.05) is 37.6 Å². The Balaban J connectivity index is 0.00000180. The van der Waals surface area contributed by atoms with Crippen LogP contribution in [0.2, 0.25) is 0 Å². The third-order valence-electron chi connectivity index (χ3n) is 7.58. The summed E-state index contributed by atoms with van der Waals surface area (Å²) >= 11 is 0. The van der Waals surface area contributed by atoms with Gasteiger partial charge in [-0.3, -0.25) is 0 Å². The molecule has 2 heterocycles. The molecule has 1 aromatic carbocycles. The van der Waals surface area contributed by atoms with Gasteiger partial charge >= 0.3 is 0 Å². The van der Waals surface area contributed by atoms with Crippen molar-refractivity contribution in [2.45, 2.75) is 44.4 Å². The standard InChI is InChI=1S/C23H31FN2.H2/c1-2-9-26-16-23(21-14-20(24)5-6-22(21)26)7-10-25(11-8-23)15-19-13-17-3-4-18(19)12-17;/h3-6,14,17-19H,2,7-13,15-16H2,1H3;1H/t17-,18-,19-;/m0./s1. The zero-order valence-corrected chi connectivity index (χ0v) is 16.0. The van der Waals surface area contributed by atoms with Crippen molar-refractivity contribution in [1.82, 2.24) is 4.90 Å². The van der Waals surface area contributed by atoms with Crippen LogP contribution in [-0.4, -0.2) is 37.6 Å². The number of hydrogen-bond donors (Lipinski definition) is 0. The second-order valence-corrected chi connectivity index (χ2v) is 9.20. The highest BCUT2D eigenvalue weighted by Gasteiger charge is 2.45. The van der Waals surface area contributed by atoms with Gasteiger partial charge in [-0.2, -0.15) is 0 Å². The van der Waals surface area contributed by atoms with Crippen LogP contribution < -0.4 is 4.90 Å². The normalized spacial score (nSPS) is 31.9. The maximum atomic E-state index is 14.0. The van der Waals surface area contributed by atoms with Crippen molar-refractivity contribution in [3.63, 3.8) is 0 Å². The van der Waals surface area contributed by atoms with E-state index in [1.165, 1.54) is 56.6 Å². The molecule has 1 saturated heterocycles. The van der Waals surface area contributed by atoms with E-state index in [1.54, 1.807) is 6.07 Å². The fourth-order valence-corrected chi connectivity index (χ4v) is 6.24. The second-order valence-electron chi connectivity index (χ2n) is 9.20. The smallest absolute Gasteiger partial charge is 0.123 e. The third-order valence-corrected chi connectivity index (χ3v) is 7.58. The molecular formula is C23H33FN2. The molecule has 3 atom stereocenters. The summed E-state index contributed by atoms with van der Waals surface area (Å²) in [7, 11) is 0. The van der Waals surface area contributed by atoms with E-state index < -0.39 is 0 Å². The van der Waals surface area contributed by atoms with Gasteiger partial charge in [-0.1, -0.05) is 19.1 Å². The molecule has 1 saturated carbocycles. The van der Waals surface area contributed by atoms with E-state index >= 15 is 0 Å². The molecule has 2 nitrogen and oxygen atoms in total.